The molecule has 1 atom stereocenters. The summed E-state index contributed by atoms with van der Waals surface area (Å²) >= 11 is 6.21. The molecule has 2 rings (SSSR count). The number of aryl methyl sites for hydroxylation is 1. The van der Waals surface area contributed by atoms with Crippen molar-refractivity contribution in [3.05, 3.63) is 58.6 Å². The lowest BCUT2D eigenvalue weighted by molar-refractivity contribution is 0.409. The average Bonchev–Trinajstić information content (AvgIpc) is 2.43. The molecule has 0 heterocycles. The number of rotatable bonds is 5. The van der Waals surface area contributed by atoms with Gasteiger partial charge < -0.3 is 10.1 Å². The number of para-hydroxylation sites is 1. The Labute approximate surface area is 125 Å². The summed E-state index contributed by atoms with van der Waals surface area (Å²) in [5.41, 5.74) is 3.37. The van der Waals surface area contributed by atoms with Crippen molar-refractivity contribution in [2.24, 2.45) is 0 Å². The van der Waals surface area contributed by atoms with Crippen LogP contribution in [0.15, 0.2) is 42.5 Å². The maximum Gasteiger partial charge on any atom is 0.122 e. The maximum absolute atomic E-state index is 6.21. The van der Waals surface area contributed by atoms with E-state index in [-0.39, 0.29) is 6.04 Å². The van der Waals surface area contributed by atoms with Gasteiger partial charge in [-0.1, -0.05) is 35.9 Å². The zero-order valence-electron chi connectivity index (χ0n) is 12.1. The lowest BCUT2D eigenvalue weighted by atomic mass is 10.1. The van der Waals surface area contributed by atoms with Crippen molar-refractivity contribution in [2.45, 2.75) is 26.3 Å². The molecule has 0 bridgehead atoms. The van der Waals surface area contributed by atoms with Gasteiger partial charge in [-0.2, -0.15) is 0 Å². The van der Waals surface area contributed by atoms with Crippen molar-refractivity contribution in [3.8, 4) is 5.75 Å². The van der Waals surface area contributed by atoms with Gasteiger partial charge in [0.05, 0.1) is 17.8 Å². The Balaban J connectivity index is 2.09. The predicted molar refractivity (Wildman–Crippen MR) is 86.0 cm³/mol. The van der Waals surface area contributed by atoms with E-state index in [1.165, 1.54) is 11.1 Å². The number of methoxy groups -OCH3 is 1. The quantitative estimate of drug-likeness (QED) is 0.861. The Bertz CT molecular complexity index is 583. The molecular formula is C17H20ClNO. The fourth-order valence-electron chi connectivity index (χ4n) is 2.27. The summed E-state index contributed by atoms with van der Waals surface area (Å²) in [6, 6.07) is 14.4. The van der Waals surface area contributed by atoms with Gasteiger partial charge in [-0.3, -0.25) is 0 Å². The van der Waals surface area contributed by atoms with E-state index in [0.29, 0.717) is 0 Å². The highest BCUT2D eigenvalue weighted by Crippen LogP contribution is 2.25. The molecule has 106 valence electrons. The fourth-order valence-corrected chi connectivity index (χ4v) is 2.44. The topological polar surface area (TPSA) is 21.3 Å². The van der Waals surface area contributed by atoms with Crippen LogP contribution >= 0.6 is 11.6 Å². The maximum atomic E-state index is 6.21. The Morgan fingerprint density at radius 3 is 2.70 bits per heavy atom. The molecule has 0 saturated carbocycles. The van der Waals surface area contributed by atoms with Crippen molar-refractivity contribution < 1.29 is 4.74 Å². The van der Waals surface area contributed by atoms with Gasteiger partial charge in [-0.15, -0.1) is 0 Å². The molecular weight excluding hydrogens is 270 g/mol. The molecule has 0 saturated heterocycles. The predicted octanol–water partition coefficient (Wildman–Crippen LogP) is 4.70. The average molecular weight is 290 g/mol. The van der Waals surface area contributed by atoms with Crippen LogP contribution in [0.25, 0.3) is 0 Å². The van der Waals surface area contributed by atoms with Crippen molar-refractivity contribution >= 4 is 17.3 Å². The number of ether oxygens (including phenoxy) is 1. The molecule has 3 heteroatoms. The monoisotopic (exact) mass is 289 g/mol. The second-order valence-corrected chi connectivity index (χ2v) is 5.45. The molecule has 0 aliphatic rings. The highest BCUT2D eigenvalue weighted by Gasteiger charge is 2.09. The van der Waals surface area contributed by atoms with Gasteiger partial charge in [-0.25, -0.2) is 0 Å². The zero-order valence-corrected chi connectivity index (χ0v) is 12.9. The van der Waals surface area contributed by atoms with Gasteiger partial charge in [0.1, 0.15) is 5.75 Å². The third-order valence-electron chi connectivity index (χ3n) is 3.24. The third kappa shape index (κ3) is 3.67. The van der Waals surface area contributed by atoms with E-state index in [1.54, 1.807) is 7.11 Å². The molecule has 0 aliphatic heterocycles. The number of hydrogen-bond acceptors (Lipinski definition) is 2. The molecule has 0 fully saturated rings. The van der Waals surface area contributed by atoms with Crippen LogP contribution in [-0.4, -0.2) is 13.2 Å². The van der Waals surface area contributed by atoms with Gasteiger partial charge in [0.25, 0.3) is 0 Å². The van der Waals surface area contributed by atoms with Crippen LogP contribution in [0.5, 0.6) is 5.75 Å². The van der Waals surface area contributed by atoms with Crippen molar-refractivity contribution in [3.63, 3.8) is 0 Å². The minimum atomic E-state index is 0.269. The van der Waals surface area contributed by atoms with Crippen LogP contribution in [0.2, 0.25) is 5.02 Å². The van der Waals surface area contributed by atoms with Crippen LogP contribution in [0.1, 0.15) is 18.1 Å². The first-order valence-electron chi connectivity index (χ1n) is 6.74. The Morgan fingerprint density at radius 2 is 1.95 bits per heavy atom. The number of benzene rings is 2. The SMILES string of the molecule is COc1ccccc1CC(C)Nc1cc(C)ccc1Cl. The minimum absolute atomic E-state index is 0.269. The normalized spacial score (nSPS) is 12.0. The lowest BCUT2D eigenvalue weighted by Crippen LogP contribution is -2.18. The van der Waals surface area contributed by atoms with Gasteiger partial charge >= 0.3 is 0 Å². The summed E-state index contributed by atoms with van der Waals surface area (Å²) in [6.07, 6.45) is 0.883. The van der Waals surface area contributed by atoms with E-state index >= 15 is 0 Å². The van der Waals surface area contributed by atoms with Crippen molar-refractivity contribution in [1.82, 2.24) is 0 Å². The molecule has 2 nitrogen and oxygen atoms in total. The van der Waals surface area contributed by atoms with Crippen LogP contribution < -0.4 is 10.1 Å². The standard InChI is InChI=1S/C17H20ClNO/c1-12-8-9-15(18)16(10-12)19-13(2)11-14-6-4-5-7-17(14)20-3/h4-10,13,19H,11H2,1-3H3. The summed E-state index contributed by atoms with van der Waals surface area (Å²) < 4.78 is 5.39. The summed E-state index contributed by atoms with van der Waals surface area (Å²) in [6.45, 7) is 4.21. The summed E-state index contributed by atoms with van der Waals surface area (Å²) in [5.74, 6) is 0.927. The molecule has 0 spiro atoms. The van der Waals surface area contributed by atoms with E-state index in [4.69, 9.17) is 16.3 Å². The smallest absolute Gasteiger partial charge is 0.122 e. The lowest BCUT2D eigenvalue weighted by Gasteiger charge is -2.18. The van der Waals surface area contributed by atoms with Crippen LogP contribution in [-0.2, 0) is 6.42 Å². The van der Waals surface area contributed by atoms with E-state index in [9.17, 15) is 0 Å². The van der Waals surface area contributed by atoms with E-state index in [1.807, 2.05) is 30.3 Å². The molecule has 0 aromatic heterocycles. The molecule has 2 aromatic rings. The number of hydrogen-bond donors (Lipinski definition) is 1. The van der Waals surface area contributed by atoms with Crippen LogP contribution in [0.4, 0.5) is 5.69 Å². The van der Waals surface area contributed by atoms with Gasteiger partial charge in [0, 0.05) is 6.04 Å². The first-order valence-corrected chi connectivity index (χ1v) is 7.12. The van der Waals surface area contributed by atoms with Crippen molar-refractivity contribution in [2.75, 3.05) is 12.4 Å². The molecule has 0 radical (unpaired) electrons. The second kappa shape index (κ2) is 6.67. The largest absolute Gasteiger partial charge is 0.496 e. The third-order valence-corrected chi connectivity index (χ3v) is 3.57. The van der Waals surface area contributed by atoms with E-state index in [0.717, 1.165) is 22.9 Å². The highest BCUT2D eigenvalue weighted by molar-refractivity contribution is 6.33. The number of halogens is 1. The van der Waals surface area contributed by atoms with Gasteiger partial charge in [0.15, 0.2) is 0 Å². The fraction of sp³-hybridized carbons (Fsp3) is 0.294. The first-order chi connectivity index (χ1) is 9.60. The molecule has 20 heavy (non-hydrogen) atoms. The summed E-state index contributed by atoms with van der Waals surface area (Å²) in [5, 5.41) is 4.22. The Hall–Kier alpha value is -1.67. The zero-order chi connectivity index (χ0) is 14.5. The molecule has 1 N–H and O–H groups in total. The molecule has 0 aliphatic carbocycles. The van der Waals surface area contributed by atoms with E-state index in [2.05, 4.69) is 31.3 Å². The first kappa shape index (κ1) is 14.7. The van der Waals surface area contributed by atoms with Crippen LogP contribution in [0.3, 0.4) is 0 Å². The minimum Gasteiger partial charge on any atom is -0.496 e. The van der Waals surface area contributed by atoms with Crippen molar-refractivity contribution in [1.29, 1.82) is 0 Å². The van der Waals surface area contributed by atoms with Gasteiger partial charge in [-0.05, 0) is 49.6 Å². The molecule has 0 amide bonds. The number of anilines is 1. The molecule has 2 aromatic carbocycles. The van der Waals surface area contributed by atoms with Gasteiger partial charge in [0.2, 0.25) is 0 Å². The highest BCUT2D eigenvalue weighted by atomic mass is 35.5. The van der Waals surface area contributed by atoms with Crippen LogP contribution in [0, 0.1) is 6.92 Å². The second-order valence-electron chi connectivity index (χ2n) is 5.04. The Kier molecular flexibility index (Phi) is 4.91. The number of nitrogens with one attached hydrogen (secondary N) is 1. The summed E-state index contributed by atoms with van der Waals surface area (Å²) in [4.78, 5) is 0. The molecule has 1 unspecified atom stereocenters. The Morgan fingerprint density at radius 1 is 1.20 bits per heavy atom. The van der Waals surface area contributed by atoms with E-state index < -0.39 is 0 Å². The summed E-state index contributed by atoms with van der Waals surface area (Å²) in [7, 11) is 1.70.